The van der Waals surface area contributed by atoms with E-state index in [4.69, 9.17) is 4.74 Å². The molecule has 0 spiro atoms. The number of piperidine rings is 1. The summed E-state index contributed by atoms with van der Waals surface area (Å²) in [7, 11) is 0. The second-order valence-electron chi connectivity index (χ2n) is 6.27. The average molecular weight is 304 g/mol. The van der Waals surface area contributed by atoms with E-state index in [1.165, 1.54) is 5.56 Å². The minimum atomic E-state index is 0.176. The highest BCUT2D eigenvalue weighted by molar-refractivity contribution is 5.76. The molecule has 2 unspecified atom stereocenters. The maximum Gasteiger partial charge on any atom is 0.220 e. The molecule has 4 nitrogen and oxygen atoms in total. The van der Waals surface area contributed by atoms with Crippen LogP contribution in [0, 0.1) is 6.92 Å². The fourth-order valence-electron chi connectivity index (χ4n) is 2.85. The smallest absolute Gasteiger partial charge is 0.220 e. The van der Waals surface area contributed by atoms with Crippen LogP contribution in [0.3, 0.4) is 0 Å². The molecule has 1 aliphatic rings. The van der Waals surface area contributed by atoms with Crippen LogP contribution in [0.4, 0.5) is 0 Å². The van der Waals surface area contributed by atoms with Gasteiger partial charge < -0.3 is 15.4 Å². The molecule has 2 atom stereocenters. The van der Waals surface area contributed by atoms with Gasteiger partial charge in [-0.15, -0.1) is 0 Å². The van der Waals surface area contributed by atoms with Gasteiger partial charge in [-0.2, -0.15) is 0 Å². The predicted molar refractivity (Wildman–Crippen MR) is 89.2 cm³/mol. The highest BCUT2D eigenvalue weighted by Crippen LogP contribution is 2.13. The molecule has 2 rings (SSSR count). The van der Waals surface area contributed by atoms with Crippen molar-refractivity contribution in [2.45, 2.75) is 58.0 Å². The number of hydrogen-bond donors (Lipinski definition) is 2. The first-order chi connectivity index (χ1) is 10.6. The summed E-state index contributed by atoms with van der Waals surface area (Å²) in [6, 6.07) is 8.90. The van der Waals surface area contributed by atoms with Crippen LogP contribution in [0.2, 0.25) is 0 Å². The number of benzene rings is 1. The van der Waals surface area contributed by atoms with E-state index >= 15 is 0 Å². The van der Waals surface area contributed by atoms with Gasteiger partial charge in [0.15, 0.2) is 0 Å². The zero-order valence-corrected chi connectivity index (χ0v) is 13.7. The van der Waals surface area contributed by atoms with Crippen LogP contribution in [0.1, 0.15) is 44.6 Å². The molecule has 4 heteroatoms. The van der Waals surface area contributed by atoms with E-state index < -0.39 is 0 Å². The molecule has 0 bridgehead atoms. The number of rotatable bonds is 7. The number of carbonyl (C=O) groups is 1. The first-order valence-electron chi connectivity index (χ1n) is 8.35. The fraction of sp³-hybridized carbons (Fsp3) is 0.611. The molecule has 22 heavy (non-hydrogen) atoms. The van der Waals surface area contributed by atoms with Crippen molar-refractivity contribution in [3.8, 4) is 5.75 Å². The van der Waals surface area contributed by atoms with Crippen LogP contribution in [0.5, 0.6) is 5.75 Å². The Balaban J connectivity index is 1.55. The molecular weight excluding hydrogens is 276 g/mol. The SMILES string of the molecule is Cc1cccc(OCCCCC(=O)NC2CCNC(C)C2)c1. The van der Waals surface area contributed by atoms with Crippen molar-refractivity contribution >= 4 is 5.91 Å². The van der Waals surface area contributed by atoms with Crippen LogP contribution in [0.25, 0.3) is 0 Å². The molecule has 0 saturated carbocycles. The summed E-state index contributed by atoms with van der Waals surface area (Å²) in [5, 5.41) is 6.54. The summed E-state index contributed by atoms with van der Waals surface area (Å²) < 4.78 is 5.69. The third-order valence-corrected chi connectivity index (χ3v) is 4.05. The van der Waals surface area contributed by atoms with Crippen molar-refractivity contribution in [1.82, 2.24) is 10.6 Å². The summed E-state index contributed by atoms with van der Waals surface area (Å²) >= 11 is 0. The van der Waals surface area contributed by atoms with Gasteiger partial charge in [0.1, 0.15) is 5.75 Å². The van der Waals surface area contributed by atoms with Gasteiger partial charge in [-0.25, -0.2) is 0 Å². The lowest BCUT2D eigenvalue weighted by Crippen LogP contribution is -2.46. The van der Waals surface area contributed by atoms with Gasteiger partial charge in [0.05, 0.1) is 6.61 Å². The van der Waals surface area contributed by atoms with Crippen molar-refractivity contribution < 1.29 is 9.53 Å². The maximum absolute atomic E-state index is 11.9. The minimum absolute atomic E-state index is 0.176. The number of ether oxygens (including phenoxy) is 1. The molecule has 0 aliphatic carbocycles. The topological polar surface area (TPSA) is 50.4 Å². The Labute approximate surface area is 133 Å². The molecule has 1 aromatic carbocycles. The first-order valence-corrected chi connectivity index (χ1v) is 8.35. The second-order valence-corrected chi connectivity index (χ2v) is 6.27. The van der Waals surface area contributed by atoms with Crippen LogP contribution in [0.15, 0.2) is 24.3 Å². The van der Waals surface area contributed by atoms with E-state index in [1.807, 2.05) is 18.2 Å². The van der Waals surface area contributed by atoms with E-state index in [9.17, 15) is 4.79 Å². The van der Waals surface area contributed by atoms with Gasteiger partial charge in [-0.1, -0.05) is 12.1 Å². The van der Waals surface area contributed by atoms with Crippen molar-refractivity contribution in [2.24, 2.45) is 0 Å². The van der Waals surface area contributed by atoms with E-state index in [2.05, 4.69) is 30.5 Å². The van der Waals surface area contributed by atoms with Gasteiger partial charge in [0, 0.05) is 18.5 Å². The number of amides is 1. The third kappa shape index (κ3) is 6.06. The molecule has 1 fully saturated rings. The highest BCUT2D eigenvalue weighted by Gasteiger charge is 2.19. The molecule has 1 aromatic rings. The number of nitrogens with one attached hydrogen (secondary N) is 2. The number of hydrogen-bond acceptors (Lipinski definition) is 3. The maximum atomic E-state index is 11.9. The molecule has 1 aliphatic heterocycles. The lowest BCUT2D eigenvalue weighted by Gasteiger charge is -2.28. The monoisotopic (exact) mass is 304 g/mol. The second kappa shape index (κ2) is 8.79. The van der Waals surface area contributed by atoms with Gasteiger partial charge in [0.25, 0.3) is 0 Å². The lowest BCUT2D eigenvalue weighted by atomic mass is 10.0. The van der Waals surface area contributed by atoms with Crippen molar-refractivity contribution in [3.63, 3.8) is 0 Å². The Morgan fingerprint density at radius 1 is 1.41 bits per heavy atom. The largest absolute Gasteiger partial charge is 0.494 e. The van der Waals surface area contributed by atoms with Crippen molar-refractivity contribution in [1.29, 1.82) is 0 Å². The Morgan fingerprint density at radius 3 is 3.05 bits per heavy atom. The molecule has 1 saturated heterocycles. The zero-order chi connectivity index (χ0) is 15.8. The van der Waals surface area contributed by atoms with Crippen LogP contribution >= 0.6 is 0 Å². The molecule has 0 radical (unpaired) electrons. The van der Waals surface area contributed by atoms with E-state index in [-0.39, 0.29) is 5.91 Å². The Morgan fingerprint density at radius 2 is 2.27 bits per heavy atom. The van der Waals surface area contributed by atoms with Crippen molar-refractivity contribution in [2.75, 3.05) is 13.2 Å². The number of carbonyl (C=O) groups excluding carboxylic acids is 1. The number of aryl methyl sites for hydroxylation is 1. The van der Waals surface area contributed by atoms with Gasteiger partial charge in [-0.3, -0.25) is 4.79 Å². The summed E-state index contributed by atoms with van der Waals surface area (Å²) in [6.07, 6.45) is 4.44. The van der Waals surface area contributed by atoms with Crippen molar-refractivity contribution in [3.05, 3.63) is 29.8 Å². The van der Waals surface area contributed by atoms with E-state index in [0.29, 0.717) is 25.1 Å². The molecule has 0 aromatic heterocycles. The zero-order valence-electron chi connectivity index (χ0n) is 13.7. The third-order valence-electron chi connectivity index (χ3n) is 4.05. The average Bonchev–Trinajstić information content (AvgIpc) is 2.47. The van der Waals surface area contributed by atoms with E-state index in [1.54, 1.807) is 0 Å². The predicted octanol–water partition coefficient (Wildman–Crippen LogP) is 2.80. The van der Waals surface area contributed by atoms with Crippen LogP contribution < -0.4 is 15.4 Å². The van der Waals surface area contributed by atoms with Crippen LogP contribution in [-0.2, 0) is 4.79 Å². The first kappa shape index (κ1) is 16.8. The molecule has 1 heterocycles. The summed E-state index contributed by atoms with van der Waals surface area (Å²) in [5.74, 6) is 1.09. The minimum Gasteiger partial charge on any atom is -0.494 e. The summed E-state index contributed by atoms with van der Waals surface area (Å²) in [4.78, 5) is 11.9. The summed E-state index contributed by atoms with van der Waals surface area (Å²) in [6.45, 7) is 5.89. The Bertz CT molecular complexity index is 476. The Kier molecular flexibility index (Phi) is 6.72. The van der Waals surface area contributed by atoms with Gasteiger partial charge in [-0.05, 0) is 63.8 Å². The van der Waals surface area contributed by atoms with Gasteiger partial charge >= 0.3 is 0 Å². The normalized spacial score (nSPS) is 21.4. The highest BCUT2D eigenvalue weighted by atomic mass is 16.5. The quantitative estimate of drug-likeness (QED) is 0.762. The van der Waals surface area contributed by atoms with E-state index in [0.717, 1.165) is 38.0 Å². The van der Waals surface area contributed by atoms with Gasteiger partial charge in [0.2, 0.25) is 5.91 Å². The Hall–Kier alpha value is -1.55. The molecule has 2 N–H and O–H groups in total. The number of unbranched alkanes of at least 4 members (excludes halogenated alkanes) is 1. The molecule has 122 valence electrons. The molecule has 1 amide bonds. The fourth-order valence-corrected chi connectivity index (χ4v) is 2.85. The standard InChI is InChI=1S/C18H28N2O2/c1-14-6-5-7-17(12-14)22-11-4-3-8-18(21)20-16-9-10-19-15(2)13-16/h5-7,12,15-16,19H,3-4,8-11,13H2,1-2H3,(H,20,21). The lowest BCUT2D eigenvalue weighted by molar-refractivity contribution is -0.122. The summed E-state index contributed by atoms with van der Waals surface area (Å²) in [5.41, 5.74) is 1.20. The van der Waals surface area contributed by atoms with Crippen LogP contribution in [-0.4, -0.2) is 31.1 Å². The molecular formula is C18H28N2O2.